The minimum atomic E-state index is -1.89. The Morgan fingerprint density at radius 1 is 1.02 bits per heavy atom. The number of nitro benzene ring substituents is 1. The largest absolute Gasteiger partial charge is 0.459 e. The molecule has 6 unspecified atom stereocenters. The maximum Gasteiger partial charge on any atom is 0.316 e. The Balaban J connectivity index is 0.00000553. The Labute approximate surface area is 387 Å². The Kier molecular flexibility index (Phi) is 21.7. The predicted molar refractivity (Wildman–Crippen MR) is 249 cm³/mol. The number of methoxy groups -OCH3 is 1. The minimum Gasteiger partial charge on any atom is -0.459 e. The van der Waals surface area contributed by atoms with Gasteiger partial charge in [0.1, 0.15) is 24.2 Å². The number of ether oxygens (including phenoxy) is 4. The number of nitro groups is 1. The second-order valence-corrected chi connectivity index (χ2v) is 18.5. The number of hydrazine groups is 2. The standard InChI is InChI=1S/C45H75N7O11.C2H6/c1-13-37-45(8,56)41(54)30(4)39(47-60-23-22-49(9)10)28(2)26-44(7,59-12)42(31(5)40(53)32(6)43(55)62-37)63-38-25-36(24-29(3)61-38)50(11)20-19-34-27-51(48-46-34)21-18-33-14-16-35(17-15-33)52(57)58;1-2/h14-17,27-32,36-38,41-42,46,48,54,56H,13,18-26H2,1-12H3;1-2H3/b47-39+;/t28-,29?,30?,31+,32?,36?,37-,38?,41?,42-,44-,45-;/m1./s1. The van der Waals surface area contributed by atoms with Crippen LogP contribution in [0.5, 0.6) is 0 Å². The van der Waals surface area contributed by atoms with E-state index in [1.165, 1.54) is 26.0 Å². The number of ketones is 1. The fraction of sp³-hybridized carbons (Fsp3) is 0.766. The number of hydrogen-bond acceptors (Lipinski definition) is 17. The number of aliphatic hydroxyl groups is 2. The van der Waals surface area contributed by atoms with Crippen molar-refractivity contribution in [2.45, 2.75) is 156 Å². The van der Waals surface area contributed by atoms with E-state index in [9.17, 15) is 29.9 Å². The number of nitrogens with zero attached hydrogens (tertiary/aromatic N) is 5. The summed E-state index contributed by atoms with van der Waals surface area (Å²) in [7, 11) is 7.50. The van der Waals surface area contributed by atoms with Gasteiger partial charge >= 0.3 is 5.97 Å². The Bertz CT molecular complexity index is 1730. The van der Waals surface area contributed by atoms with Gasteiger partial charge in [-0.05, 0) is 80.1 Å². The third kappa shape index (κ3) is 15.1. The zero-order valence-corrected chi connectivity index (χ0v) is 41.5. The third-order valence-corrected chi connectivity index (χ3v) is 13.2. The van der Waals surface area contributed by atoms with E-state index < -0.39 is 76.2 Å². The van der Waals surface area contributed by atoms with Crippen LogP contribution in [0.4, 0.5) is 5.69 Å². The summed E-state index contributed by atoms with van der Waals surface area (Å²) in [6.45, 7) is 20.3. The van der Waals surface area contributed by atoms with Gasteiger partial charge in [0.05, 0.1) is 34.5 Å². The molecule has 18 heteroatoms. The van der Waals surface area contributed by atoms with Crippen LogP contribution in [-0.2, 0) is 39.8 Å². The van der Waals surface area contributed by atoms with E-state index >= 15 is 0 Å². The highest BCUT2D eigenvalue weighted by Crippen LogP contribution is 2.38. The lowest BCUT2D eigenvalue weighted by molar-refractivity contribution is -0.384. The average Bonchev–Trinajstić information content (AvgIpc) is 3.74. The zero-order chi connectivity index (χ0) is 48.8. The number of likely N-dealkylation sites (N-methyl/N-ethyl adjacent to an activating group) is 1. The molecule has 0 radical (unpaired) electrons. The highest BCUT2D eigenvalue weighted by atomic mass is 16.7. The van der Waals surface area contributed by atoms with Crippen LogP contribution in [0.2, 0.25) is 0 Å². The van der Waals surface area contributed by atoms with Crippen molar-refractivity contribution in [3.8, 4) is 0 Å². The average molecular weight is 920 g/mol. The molecule has 0 bridgehead atoms. The van der Waals surface area contributed by atoms with Crippen LogP contribution in [0.3, 0.4) is 0 Å². The van der Waals surface area contributed by atoms with E-state index in [0.717, 1.165) is 30.6 Å². The highest BCUT2D eigenvalue weighted by Gasteiger charge is 2.51. The first kappa shape index (κ1) is 55.6. The predicted octanol–water partition coefficient (Wildman–Crippen LogP) is 5.22. The summed E-state index contributed by atoms with van der Waals surface area (Å²) in [4.78, 5) is 48.7. The van der Waals surface area contributed by atoms with Crippen LogP contribution < -0.4 is 11.0 Å². The molecule has 0 saturated carbocycles. The number of nitrogens with one attached hydrogen (secondary N) is 2. The van der Waals surface area contributed by atoms with Gasteiger partial charge in [0, 0.05) is 87.4 Å². The van der Waals surface area contributed by atoms with Crippen molar-refractivity contribution in [2.75, 3.05) is 54.5 Å². The molecule has 2 saturated heterocycles. The number of carbonyl (C=O) groups excluding carboxylic acids is 2. The van der Waals surface area contributed by atoms with E-state index in [4.69, 9.17) is 23.8 Å². The molecule has 0 aliphatic carbocycles. The molecule has 12 atom stereocenters. The van der Waals surface area contributed by atoms with E-state index in [1.54, 1.807) is 40.0 Å². The Hall–Kier alpha value is -3.75. The number of carbonyl (C=O) groups is 2. The SMILES string of the molecule is CC.CC[C@H]1OC(=O)C(C)C(=O)[C@H](C)[C@@H](OC2CC(N(C)CCC3=CN(CCc4ccc([N+](=O)[O-])cc4)NN3)CC(C)O2)[C@](C)(OC)C[C@@H](C)/C(=N\OCCN(C)C)C(C)C(O)[C@]1(C)O. The van der Waals surface area contributed by atoms with Crippen molar-refractivity contribution >= 4 is 23.2 Å². The molecule has 0 aromatic heterocycles. The van der Waals surface area contributed by atoms with Crippen LogP contribution >= 0.6 is 0 Å². The van der Waals surface area contributed by atoms with Crippen molar-refractivity contribution in [3.63, 3.8) is 0 Å². The van der Waals surface area contributed by atoms with Crippen molar-refractivity contribution in [1.82, 2.24) is 25.8 Å². The summed E-state index contributed by atoms with van der Waals surface area (Å²) in [6, 6.07) is 6.67. The molecule has 18 nitrogen and oxygen atoms in total. The number of aliphatic hydroxyl groups excluding tert-OH is 1. The van der Waals surface area contributed by atoms with Gasteiger partial charge in [0.15, 0.2) is 12.1 Å². The van der Waals surface area contributed by atoms with E-state index in [-0.39, 0.29) is 37.3 Å². The molecule has 4 N–H and O–H groups in total. The van der Waals surface area contributed by atoms with Crippen molar-refractivity contribution in [2.24, 2.45) is 28.8 Å². The molecule has 370 valence electrons. The summed E-state index contributed by atoms with van der Waals surface area (Å²) >= 11 is 0. The molecule has 1 aromatic rings. The lowest BCUT2D eigenvalue weighted by Gasteiger charge is -2.46. The first-order valence-corrected chi connectivity index (χ1v) is 23.4. The molecule has 0 spiro atoms. The van der Waals surface area contributed by atoms with Crippen LogP contribution in [0.1, 0.15) is 107 Å². The number of benzene rings is 1. The first-order chi connectivity index (χ1) is 30.6. The summed E-state index contributed by atoms with van der Waals surface area (Å²) in [5.74, 6) is -4.42. The van der Waals surface area contributed by atoms with Crippen LogP contribution in [0.15, 0.2) is 41.3 Å². The molecular formula is C47H81N7O11. The number of esters is 1. The number of hydrogen-bond donors (Lipinski definition) is 4. The van der Waals surface area contributed by atoms with E-state index in [1.807, 2.05) is 64.8 Å². The number of oxime groups is 1. The maximum absolute atomic E-state index is 14.4. The molecule has 3 aliphatic heterocycles. The maximum atomic E-state index is 14.4. The van der Waals surface area contributed by atoms with Crippen molar-refractivity contribution < 1.29 is 48.5 Å². The fourth-order valence-electron chi connectivity index (χ4n) is 9.00. The summed E-state index contributed by atoms with van der Waals surface area (Å²) in [5.41, 5.74) is 5.97. The van der Waals surface area contributed by atoms with Gasteiger partial charge in [0.25, 0.3) is 5.69 Å². The molecule has 4 rings (SSSR count). The Morgan fingerprint density at radius 2 is 1.68 bits per heavy atom. The number of non-ortho nitro benzene ring substituents is 1. The van der Waals surface area contributed by atoms with E-state index in [2.05, 4.69) is 28.1 Å². The zero-order valence-electron chi connectivity index (χ0n) is 41.5. The normalized spacial score (nSPS) is 33.5. The molecular weight excluding hydrogens is 839 g/mol. The molecule has 1 aromatic carbocycles. The molecule has 0 amide bonds. The third-order valence-electron chi connectivity index (χ3n) is 13.2. The monoisotopic (exact) mass is 920 g/mol. The van der Waals surface area contributed by atoms with Gasteiger partial charge < -0.3 is 49.2 Å². The van der Waals surface area contributed by atoms with E-state index in [0.29, 0.717) is 31.6 Å². The first-order valence-electron chi connectivity index (χ1n) is 23.4. The summed E-state index contributed by atoms with van der Waals surface area (Å²) in [5, 5.41) is 41.1. The number of Topliss-reactive ketones (excluding diaryl/α,β-unsaturated/α-hetero) is 1. The van der Waals surface area contributed by atoms with Crippen LogP contribution in [0, 0.1) is 33.8 Å². The molecule has 65 heavy (non-hydrogen) atoms. The van der Waals surface area contributed by atoms with Gasteiger partial charge in [-0.2, -0.15) is 0 Å². The van der Waals surface area contributed by atoms with Gasteiger partial charge in [-0.3, -0.25) is 24.7 Å². The molecule has 3 heterocycles. The second-order valence-electron chi connectivity index (χ2n) is 18.5. The quantitative estimate of drug-likeness (QED) is 0.0551. The smallest absolute Gasteiger partial charge is 0.316 e. The minimum absolute atomic E-state index is 0.0711. The van der Waals surface area contributed by atoms with Gasteiger partial charge in [-0.25, -0.2) is 0 Å². The van der Waals surface area contributed by atoms with Gasteiger partial charge in [-0.1, -0.05) is 58.8 Å². The topological polar surface area (TPSA) is 210 Å². The summed E-state index contributed by atoms with van der Waals surface area (Å²) in [6.07, 6.45) is 0.920. The fourth-order valence-corrected chi connectivity index (χ4v) is 9.00. The Morgan fingerprint density at radius 3 is 2.28 bits per heavy atom. The van der Waals surface area contributed by atoms with Gasteiger partial charge in [-0.15, -0.1) is 5.53 Å². The molecule has 3 aliphatic rings. The second kappa shape index (κ2) is 25.4. The number of cyclic esters (lactones) is 1. The highest BCUT2D eigenvalue weighted by molar-refractivity contribution is 6.00. The molecule has 2 fully saturated rings. The lowest BCUT2D eigenvalue weighted by atomic mass is 9.74. The summed E-state index contributed by atoms with van der Waals surface area (Å²) < 4.78 is 25.5. The lowest BCUT2D eigenvalue weighted by Crippen LogP contribution is -2.58. The van der Waals surface area contributed by atoms with Crippen LogP contribution in [0.25, 0.3) is 0 Å². The van der Waals surface area contributed by atoms with Crippen LogP contribution in [-0.4, -0.2) is 150 Å². The van der Waals surface area contributed by atoms with Crippen molar-refractivity contribution in [3.05, 3.63) is 51.8 Å². The van der Waals surface area contributed by atoms with Crippen molar-refractivity contribution in [1.29, 1.82) is 0 Å². The number of rotatable bonds is 16. The van der Waals surface area contributed by atoms with Gasteiger partial charge in [0.2, 0.25) is 0 Å².